The Morgan fingerprint density at radius 1 is 0.939 bits per heavy atom. The molecule has 2 aliphatic carbocycles. The van der Waals surface area contributed by atoms with Crippen LogP contribution in [0.4, 0.5) is 0 Å². The second-order valence-corrected chi connectivity index (χ2v) is 12.2. The summed E-state index contributed by atoms with van der Waals surface area (Å²) in [5.74, 6) is 2.89. The van der Waals surface area contributed by atoms with Crippen LogP contribution in [0.5, 0.6) is 0 Å². The van der Waals surface area contributed by atoms with Crippen molar-refractivity contribution >= 4 is 10.8 Å². The van der Waals surface area contributed by atoms with Gasteiger partial charge in [-0.3, -0.25) is 4.98 Å². The Hall–Kier alpha value is -1.45. The van der Waals surface area contributed by atoms with Crippen molar-refractivity contribution in [2.45, 2.75) is 101 Å². The first-order valence-corrected chi connectivity index (χ1v) is 13.7. The third-order valence-corrected chi connectivity index (χ3v) is 10.5. The molecule has 2 aromatic rings. The van der Waals surface area contributed by atoms with Gasteiger partial charge in [0.2, 0.25) is 0 Å². The highest BCUT2D eigenvalue weighted by atomic mass is 16.5. The first-order valence-electron chi connectivity index (χ1n) is 13.7. The fourth-order valence-electron chi connectivity index (χ4n) is 8.50. The third-order valence-electron chi connectivity index (χ3n) is 10.5. The molecule has 2 saturated carbocycles. The Labute approximate surface area is 200 Å². The van der Waals surface area contributed by atoms with E-state index in [-0.39, 0.29) is 11.2 Å². The van der Waals surface area contributed by atoms with Crippen molar-refractivity contribution in [3.63, 3.8) is 0 Å². The van der Waals surface area contributed by atoms with Gasteiger partial charge in [-0.25, -0.2) is 0 Å². The van der Waals surface area contributed by atoms with E-state index >= 15 is 0 Å². The van der Waals surface area contributed by atoms with Crippen LogP contribution in [0.25, 0.3) is 10.8 Å². The number of benzene rings is 1. The molecule has 7 atom stereocenters. The Balaban J connectivity index is 1.25. The van der Waals surface area contributed by atoms with E-state index in [2.05, 4.69) is 55.2 Å². The molecule has 0 amide bonds. The number of ether oxygens (including phenoxy) is 1. The summed E-state index contributed by atoms with van der Waals surface area (Å²) in [5, 5.41) is 2.59. The quantitative estimate of drug-likeness (QED) is 0.499. The maximum absolute atomic E-state index is 7.43. The van der Waals surface area contributed by atoms with Crippen LogP contribution < -0.4 is 0 Å². The first-order chi connectivity index (χ1) is 16.0. The van der Waals surface area contributed by atoms with Gasteiger partial charge in [-0.1, -0.05) is 25.5 Å². The predicted molar refractivity (Wildman–Crippen MR) is 135 cm³/mol. The summed E-state index contributed by atoms with van der Waals surface area (Å²) in [6.07, 6.45) is 18.6. The van der Waals surface area contributed by atoms with Gasteiger partial charge in [0, 0.05) is 23.8 Å². The van der Waals surface area contributed by atoms with E-state index in [1.54, 1.807) is 0 Å². The van der Waals surface area contributed by atoms with Crippen LogP contribution in [0.3, 0.4) is 0 Å². The van der Waals surface area contributed by atoms with E-state index in [0.717, 1.165) is 11.8 Å². The number of aromatic nitrogens is 1. The highest BCUT2D eigenvalue weighted by Crippen LogP contribution is 2.63. The molecule has 3 heterocycles. The molecule has 6 rings (SSSR count). The van der Waals surface area contributed by atoms with Gasteiger partial charge in [-0.2, -0.15) is 0 Å². The van der Waals surface area contributed by atoms with Crippen LogP contribution in [-0.2, 0) is 4.74 Å². The molecule has 2 saturated heterocycles. The van der Waals surface area contributed by atoms with Crippen molar-refractivity contribution in [3.8, 4) is 0 Å². The van der Waals surface area contributed by atoms with Crippen LogP contribution in [-0.4, -0.2) is 41.2 Å². The number of hydrogen-bond donors (Lipinski definition) is 0. The lowest BCUT2D eigenvalue weighted by atomic mass is 9.65. The summed E-state index contributed by atoms with van der Waals surface area (Å²) in [4.78, 5) is 6.82. The smallest absolute Gasteiger partial charge is 0.0744 e. The molecule has 0 radical (unpaired) electrons. The zero-order valence-electron chi connectivity index (χ0n) is 20.9. The monoisotopic (exact) mass is 446 g/mol. The Morgan fingerprint density at radius 2 is 1.85 bits per heavy atom. The van der Waals surface area contributed by atoms with Crippen LogP contribution in [0.1, 0.15) is 89.0 Å². The lowest BCUT2D eigenvalue weighted by Crippen LogP contribution is -2.58. The zero-order chi connectivity index (χ0) is 22.6. The molecule has 178 valence electrons. The summed E-state index contributed by atoms with van der Waals surface area (Å²) >= 11 is 0. The van der Waals surface area contributed by atoms with Crippen molar-refractivity contribution in [2.24, 2.45) is 17.8 Å². The molecular formula is C30H42N2O. The first kappa shape index (κ1) is 22.0. The number of fused-ring (bicyclic) bond motifs is 1. The van der Waals surface area contributed by atoms with Gasteiger partial charge >= 0.3 is 0 Å². The van der Waals surface area contributed by atoms with Gasteiger partial charge in [-0.05, 0) is 125 Å². The van der Waals surface area contributed by atoms with E-state index in [1.165, 1.54) is 87.0 Å². The average molecular weight is 447 g/mol. The average Bonchev–Trinajstić information content (AvgIpc) is 3.18. The van der Waals surface area contributed by atoms with Crippen LogP contribution in [0, 0.1) is 17.8 Å². The summed E-state index contributed by atoms with van der Waals surface area (Å²) < 4.78 is 7.43. The Kier molecular flexibility index (Phi) is 5.57. The van der Waals surface area contributed by atoms with Gasteiger partial charge in [0.05, 0.1) is 11.2 Å². The number of pyridine rings is 1. The van der Waals surface area contributed by atoms with Gasteiger partial charge in [0.25, 0.3) is 0 Å². The van der Waals surface area contributed by atoms with Crippen molar-refractivity contribution in [1.82, 2.24) is 9.88 Å². The van der Waals surface area contributed by atoms with Crippen LogP contribution in [0.2, 0.25) is 0 Å². The maximum Gasteiger partial charge on any atom is 0.0744 e. The molecule has 4 fully saturated rings. The molecule has 3 heteroatoms. The molecule has 33 heavy (non-hydrogen) atoms. The molecule has 2 aliphatic heterocycles. The van der Waals surface area contributed by atoms with Gasteiger partial charge in [0.1, 0.15) is 0 Å². The van der Waals surface area contributed by atoms with E-state index < -0.39 is 0 Å². The van der Waals surface area contributed by atoms with Crippen molar-refractivity contribution in [3.05, 3.63) is 42.2 Å². The Morgan fingerprint density at radius 3 is 2.73 bits per heavy atom. The minimum absolute atomic E-state index is 0.146. The third kappa shape index (κ3) is 3.65. The summed E-state index contributed by atoms with van der Waals surface area (Å²) in [6.45, 7) is 2.53. The zero-order valence-corrected chi connectivity index (χ0v) is 20.9. The van der Waals surface area contributed by atoms with Gasteiger partial charge in [0.15, 0.2) is 0 Å². The molecule has 0 N–H and O–H groups in total. The van der Waals surface area contributed by atoms with Crippen LogP contribution >= 0.6 is 0 Å². The predicted octanol–water partition coefficient (Wildman–Crippen LogP) is 6.96. The highest BCUT2D eigenvalue weighted by molar-refractivity contribution is 5.82. The van der Waals surface area contributed by atoms with Crippen molar-refractivity contribution in [2.75, 3.05) is 14.1 Å². The molecule has 3 nitrogen and oxygen atoms in total. The van der Waals surface area contributed by atoms with Crippen molar-refractivity contribution in [1.29, 1.82) is 0 Å². The van der Waals surface area contributed by atoms with E-state index in [4.69, 9.17) is 4.74 Å². The number of hydrogen-bond acceptors (Lipinski definition) is 3. The fraction of sp³-hybridized carbons (Fsp3) is 0.700. The minimum atomic E-state index is 0.146. The van der Waals surface area contributed by atoms with Crippen molar-refractivity contribution < 1.29 is 4.74 Å². The standard InChI is InChI=1S/C30H42N2O/c1-21-7-8-22(24-10-9-23-13-16-31-20-25(23)17-24)5-4-6-27-18-26-11-12-28(32(2)3)19-29(26)14-15-30(21,27)33-29/h9-10,13,16-17,20-22,26-28H,4-8,11-12,14-15,18-19H2,1-3H3/t21-,22?,26?,27?,28?,29+,30-/m0/s1. The number of rotatable bonds is 2. The number of nitrogens with zero attached hydrogens (tertiary/aromatic N) is 2. The molecular weight excluding hydrogens is 404 g/mol. The SMILES string of the molecule is C[C@H]1CCC(c2ccc3ccncc3c2)CCCC2CC3CCC(N(C)C)C[C@]34CC[C@@]21O4. The van der Waals surface area contributed by atoms with E-state index in [0.29, 0.717) is 17.9 Å². The van der Waals surface area contributed by atoms with Gasteiger partial charge < -0.3 is 9.64 Å². The van der Waals surface area contributed by atoms with Crippen LogP contribution in [0.15, 0.2) is 36.7 Å². The highest BCUT2D eigenvalue weighted by Gasteiger charge is 2.63. The lowest BCUT2D eigenvalue weighted by molar-refractivity contribution is -0.234. The van der Waals surface area contributed by atoms with E-state index in [9.17, 15) is 0 Å². The summed E-state index contributed by atoms with van der Waals surface area (Å²) in [7, 11) is 4.53. The summed E-state index contributed by atoms with van der Waals surface area (Å²) in [5.41, 5.74) is 1.85. The fourth-order valence-corrected chi connectivity index (χ4v) is 8.50. The molecule has 4 unspecified atom stereocenters. The summed E-state index contributed by atoms with van der Waals surface area (Å²) in [6, 6.07) is 9.93. The second-order valence-electron chi connectivity index (χ2n) is 12.2. The lowest BCUT2D eigenvalue weighted by Gasteiger charge is -2.55. The molecule has 1 aromatic carbocycles. The maximum atomic E-state index is 7.43. The Bertz CT molecular complexity index is 1000. The molecule has 2 bridgehead atoms. The minimum Gasteiger partial charge on any atom is -0.368 e. The largest absolute Gasteiger partial charge is 0.368 e. The van der Waals surface area contributed by atoms with E-state index in [1.807, 2.05) is 12.4 Å². The molecule has 4 aliphatic rings. The normalized spacial score (nSPS) is 41.2. The topological polar surface area (TPSA) is 25.4 Å². The molecule has 1 aromatic heterocycles. The van der Waals surface area contributed by atoms with Gasteiger partial charge in [-0.15, -0.1) is 0 Å². The molecule has 2 spiro atoms. The second kappa shape index (κ2) is 8.34.